The Kier molecular flexibility index (Phi) is 4.77. The summed E-state index contributed by atoms with van der Waals surface area (Å²) in [4.78, 5) is 0. The molecule has 0 aromatic carbocycles. The third-order valence-corrected chi connectivity index (χ3v) is 2.28. The lowest BCUT2D eigenvalue weighted by molar-refractivity contribution is -0.233. The summed E-state index contributed by atoms with van der Waals surface area (Å²) in [7, 11) is 0. The highest BCUT2D eigenvalue weighted by Gasteiger charge is 2.37. The third kappa shape index (κ3) is 2.65. The van der Waals surface area contributed by atoms with Crippen LogP contribution in [0.3, 0.4) is 0 Å². The number of ether oxygens (including phenoxy) is 3. The molecule has 4 N–H and O–H groups in total. The van der Waals surface area contributed by atoms with Gasteiger partial charge in [-0.3, -0.25) is 0 Å². The van der Waals surface area contributed by atoms with Gasteiger partial charge >= 0.3 is 0 Å². The molecule has 0 aromatic heterocycles. The Labute approximate surface area is 84.7 Å². The van der Waals surface area contributed by atoms with Crippen molar-refractivity contribution in [2.45, 2.75) is 38.3 Å². The van der Waals surface area contributed by atoms with Crippen LogP contribution in [0.15, 0.2) is 0 Å². The third-order valence-electron chi connectivity index (χ3n) is 2.28. The molecule has 0 amide bonds. The second-order valence-corrected chi connectivity index (χ2v) is 3.32. The Balaban J connectivity index is 2.56. The lowest BCUT2D eigenvalue weighted by Gasteiger charge is -2.38. The van der Waals surface area contributed by atoms with Gasteiger partial charge in [-0.2, -0.15) is 0 Å². The molecule has 0 unspecified atom stereocenters. The van der Waals surface area contributed by atoms with E-state index in [9.17, 15) is 0 Å². The lowest BCUT2D eigenvalue weighted by atomic mass is 10.0. The fraction of sp³-hybridized carbons (Fsp3) is 1.00. The zero-order chi connectivity index (χ0) is 10.6. The van der Waals surface area contributed by atoms with E-state index >= 15 is 0 Å². The van der Waals surface area contributed by atoms with Crippen LogP contribution in [0.4, 0.5) is 0 Å². The molecule has 0 radical (unpaired) electrons. The van der Waals surface area contributed by atoms with E-state index in [1.54, 1.807) is 0 Å². The quantitative estimate of drug-likeness (QED) is 0.641. The molecule has 0 aliphatic carbocycles. The summed E-state index contributed by atoms with van der Waals surface area (Å²) < 4.78 is 16.3. The maximum absolute atomic E-state index is 5.92. The van der Waals surface area contributed by atoms with Crippen LogP contribution in [0.25, 0.3) is 0 Å². The van der Waals surface area contributed by atoms with Gasteiger partial charge in [-0.1, -0.05) is 0 Å². The zero-order valence-corrected chi connectivity index (χ0v) is 8.81. The predicted octanol–water partition coefficient (Wildman–Crippen LogP) is -0.561. The minimum absolute atomic E-state index is 0.178. The molecule has 4 atom stereocenters. The van der Waals surface area contributed by atoms with Crippen molar-refractivity contribution in [2.75, 3.05) is 19.8 Å². The number of nitrogens with two attached hydrogens (primary N) is 2. The SMILES string of the molecule is CCO[C@H]1OC[C@@H](N)[C@H](N)[C@H]1OCC. The Morgan fingerprint density at radius 1 is 1.21 bits per heavy atom. The van der Waals surface area contributed by atoms with Crippen molar-refractivity contribution < 1.29 is 14.2 Å². The van der Waals surface area contributed by atoms with Gasteiger partial charge in [-0.25, -0.2) is 0 Å². The van der Waals surface area contributed by atoms with Crippen LogP contribution in [-0.2, 0) is 14.2 Å². The minimum Gasteiger partial charge on any atom is -0.372 e. The highest BCUT2D eigenvalue weighted by molar-refractivity contribution is 4.89. The van der Waals surface area contributed by atoms with Gasteiger partial charge in [-0.05, 0) is 13.8 Å². The first kappa shape index (κ1) is 11.9. The second-order valence-electron chi connectivity index (χ2n) is 3.32. The van der Waals surface area contributed by atoms with Crippen molar-refractivity contribution in [3.05, 3.63) is 0 Å². The van der Waals surface area contributed by atoms with E-state index in [4.69, 9.17) is 25.7 Å². The Morgan fingerprint density at radius 3 is 2.43 bits per heavy atom. The summed E-state index contributed by atoms with van der Waals surface area (Å²) in [6.07, 6.45) is -0.640. The summed E-state index contributed by atoms with van der Waals surface area (Å²) >= 11 is 0. The van der Waals surface area contributed by atoms with Crippen LogP contribution >= 0.6 is 0 Å². The first-order valence-corrected chi connectivity index (χ1v) is 5.06. The van der Waals surface area contributed by atoms with Crippen molar-refractivity contribution in [3.8, 4) is 0 Å². The van der Waals surface area contributed by atoms with Gasteiger partial charge in [0.05, 0.1) is 12.6 Å². The molecule has 0 aromatic rings. The van der Waals surface area contributed by atoms with Crippen LogP contribution in [0.1, 0.15) is 13.8 Å². The lowest BCUT2D eigenvalue weighted by Crippen LogP contribution is -2.62. The Bertz CT molecular complexity index is 168. The summed E-state index contributed by atoms with van der Waals surface area (Å²) in [6.45, 7) is 5.41. The first-order valence-electron chi connectivity index (χ1n) is 5.06. The molecule has 5 nitrogen and oxygen atoms in total. The molecule has 1 saturated heterocycles. The maximum Gasteiger partial charge on any atom is 0.185 e. The van der Waals surface area contributed by atoms with E-state index < -0.39 is 0 Å². The predicted molar refractivity (Wildman–Crippen MR) is 52.7 cm³/mol. The van der Waals surface area contributed by atoms with Gasteiger partial charge in [0, 0.05) is 19.3 Å². The van der Waals surface area contributed by atoms with Crippen molar-refractivity contribution in [3.63, 3.8) is 0 Å². The van der Waals surface area contributed by atoms with E-state index in [-0.39, 0.29) is 24.5 Å². The molecule has 0 bridgehead atoms. The van der Waals surface area contributed by atoms with Crippen molar-refractivity contribution in [1.29, 1.82) is 0 Å². The van der Waals surface area contributed by atoms with E-state index in [0.29, 0.717) is 19.8 Å². The molecule has 1 heterocycles. The van der Waals surface area contributed by atoms with E-state index in [1.165, 1.54) is 0 Å². The molecule has 1 fully saturated rings. The molecule has 0 saturated carbocycles. The van der Waals surface area contributed by atoms with E-state index in [2.05, 4.69) is 0 Å². The summed E-state index contributed by atoms with van der Waals surface area (Å²) in [5.74, 6) is 0. The minimum atomic E-state index is -0.380. The summed E-state index contributed by atoms with van der Waals surface area (Å²) in [5, 5.41) is 0. The number of rotatable bonds is 4. The fourth-order valence-electron chi connectivity index (χ4n) is 1.53. The van der Waals surface area contributed by atoms with E-state index in [0.717, 1.165) is 0 Å². The largest absolute Gasteiger partial charge is 0.372 e. The average molecular weight is 204 g/mol. The molecule has 1 aliphatic heterocycles. The normalized spacial score (nSPS) is 38.6. The smallest absolute Gasteiger partial charge is 0.185 e. The van der Waals surface area contributed by atoms with Gasteiger partial charge in [0.1, 0.15) is 6.10 Å². The van der Waals surface area contributed by atoms with Crippen LogP contribution in [0.5, 0.6) is 0 Å². The number of hydrogen-bond acceptors (Lipinski definition) is 5. The Morgan fingerprint density at radius 2 is 1.86 bits per heavy atom. The highest BCUT2D eigenvalue weighted by atomic mass is 16.7. The van der Waals surface area contributed by atoms with Crippen molar-refractivity contribution >= 4 is 0 Å². The molecule has 14 heavy (non-hydrogen) atoms. The van der Waals surface area contributed by atoms with Crippen LogP contribution in [0, 0.1) is 0 Å². The highest BCUT2D eigenvalue weighted by Crippen LogP contribution is 2.17. The monoisotopic (exact) mass is 204 g/mol. The molecular formula is C9H20N2O3. The van der Waals surface area contributed by atoms with E-state index in [1.807, 2.05) is 13.8 Å². The second kappa shape index (κ2) is 5.63. The molecule has 1 rings (SSSR count). The first-order chi connectivity index (χ1) is 6.70. The molecular weight excluding hydrogens is 184 g/mol. The van der Waals surface area contributed by atoms with Crippen LogP contribution in [-0.4, -0.2) is 44.3 Å². The molecule has 5 heteroatoms. The van der Waals surface area contributed by atoms with Gasteiger partial charge in [0.25, 0.3) is 0 Å². The average Bonchev–Trinajstić information content (AvgIpc) is 2.18. The fourth-order valence-corrected chi connectivity index (χ4v) is 1.53. The van der Waals surface area contributed by atoms with Gasteiger partial charge < -0.3 is 25.7 Å². The van der Waals surface area contributed by atoms with Crippen molar-refractivity contribution in [1.82, 2.24) is 0 Å². The molecule has 84 valence electrons. The van der Waals surface area contributed by atoms with Crippen LogP contribution < -0.4 is 11.5 Å². The Hall–Kier alpha value is -0.200. The topological polar surface area (TPSA) is 79.7 Å². The molecule has 0 spiro atoms. The van der Waals surface area contributed by atoms with Gasteiger partial charge in [-0.15, -0.1) is 0 Å². The number of hydrogen-bond donors (Lipinski definition) is 2. The van der Waals surface area contributed by atoms with Gasteiger partial charge in [0.15, 0.2) is 6.29 Å². The zero-order valence-electron chi connectivity index (χ0n) is 8.81. The van der Waals surface area contributed by atoms with Crippen molar-refractivity contribution in [2.24, 2.45) is 11.5 Å². The standard InChI is InChI=1S/C9H20N2O3/c1-3-12-8-7(11)6(10)5-14-9(8)13-4-2/h6-9H,3-5,10-11H2,1-2H3/t6-,7+,8-,9+/m1/s1. The van der Waals surface area contributed by atoms with Gasteiger partial charge in [0.2, 0.25) is 0 Å². The summed E-state index contributed by atoms with van der Waals surface area (Å²) in [6, 6.07) is -0.400. The van der Waals surface area contributed by atoms with Crippen LogP contribution in [0.2, 0.25) is 0 Å². The molecule has 1 aliphatic rings. The summed E-state index contributed by atoms with van der Waals surface area (Å²) in [5.41, 5.74) is 11.7. The maximum atomic E-state index is 5.92.